The van der Waals surface area contributed by atoms with Gasteiger partial charge in [0.05, 0.1) is 0 Å². The SMILES string of the molecule is CCNC(C)c1c(F)cccc1Sc1ccc(C)cc1C. The molecule has 2 aromatic rings. The number of halogens is 1. The van der Waals surface area contributed by atoms with E-state index < -0.39 is 0 Å². The van der Waals surface area contributed by atoms with Crippen molar-refractivity contribution in [3.8, 4) is 0 Å². The van der Waals surface area contributed by atoms with Crippen LogP contribution in [0.2, 0.25) is 0 Å². The third-order valence-electron chi connectivity index (χ3n) is 3.51. The fraction of sp³-hybridized carbons (Fsp3) is 0.333. The van der Waals surface area contributed by atoms with Gasteiger partial charge < -0.3 is 5.32 Å². The monoisotopic (exact) mass is 303 g/mol. The number of hydrogen-bond acceptors (Lipinski definition) is 2. The molecule has 21 heavy (non-hydrogen) atoms. The number of nitrogens with one attached hydrogen (secondary N) is 1. The maximum absolute atomic E-state index is 14.2. The molecule has 1 unspecified atom stereocenters. The van der Waals surface area contributed by atoms with Gasteiger partial charge in [0, 0.05) is 21.4 Å². The Morgan fingerprint density at radius 1 is 1.14 bits per heavy atom. The molecule has 0 aliphatic carbocycles. The molecule has 1 N–H and O–H groups in total. The maximum atomic E-state index is 14.2. The topological polar surface area (TPSA) is 12.0 Å². The molecule has 3 heteroatoms. The van der Waals surface area contributed by atoms with E-state index in [1.807, 2.05) is 19.9 Å². The second-order valence-corrected chi connectivity index (χ2v) is 6.39. The lowest BCUT2D eigenvalue weighted by Gasteiger charge is -2.18. The minimum absolute atomic E-state index is 0.00412. The normalized spacial score (nSPS) is 12.4. The molecule has 112 valence electrons. The summed E-state index contributed by atoms with van der Waals surface area (Å²) in [5.74, 6) is -0.141. The van der Waals surface area contributed by atoms with Crippen LogP contribution in [-0.4, -0.2) is 6.54 Å². The van der Waals surface area contributed by atoms with Gasteiger partial charge in [-0.05, 0) is 51.1 Å². The van der Waals surface area contributed by atoms with Crippen molar-refractivity contribution in [1.82, 2.24) is 5.32 Å². The molecule has 2 aromatic carbocycles. The Morgan fingerprint density at radius 3 is 2.57 bits per heavy atom. The Labute approximate surface area is 131 Å². The van der Waals surface area contributed by atoms with E-state index in [9.17, 15) is 4.39 Å². The van der Waals surface area contributed by atoms with Gasteiger partial charge in [0.15, 0.2) is 0 Å². The number of rotatable bonds is 5. The fourth-order valence-electron chi connectivity index (χ4n) is 2.47. The van der Waals surface area contributed by atoms with Crippen LogP contribution < -0.4 is 5.32 Å². The molecule has 0 aliphatic heterocycles. The highest BCUT2D eigenvalue weighted by atomic mass is 32.2. The Balaban J connectivity index is 2.37. The Hall–Kier alpha value is -1.32. The smallest absolute Gasteiger partial charge is 0.129 e. The van der Waals surface area contributed by atoms with E-state index in [1.165, 1.54) is 22.1 Å². The van der Waals surface area contributed by atoms with Crippen LogP contribution in [-0.2, 0) is 0 Å². The van der Waals surface area contributed by atoms with E-state index in [4.69, 9.17) is 0 Å². The van der Waals surface area contributed by atoms with E-state index in [-0.39, 0.29) is 11.9 Å². The lowest BCUT2D eigenvalue weighted by molar-refractivity contribution is 0.531. The van der Waals surface area contributed by atoms with Gasteiger partial charge in [0.1, 0.15) is 5.82 Å². The average molecular weight is 303 g/mol. The van der Waals surface area contributed by atoms with Crippen LogP contribution in [0.3, 0.4) is 0 Å². The van der Waals surface area contributed by atoms with Crippen LogP contribution in [0.1, 0.15) is 36.6 Å². The van der Waals surface area contributed by atoms with Gasteiger partial charge in [-0.2, -0.15) is 0 Å². The molecular formula is C18H22FNS. The summed E-state index contributed by atoms with van der Waals surface area (Å²) in [5.41, 5.74) is 3.23. The van der Waals surface area contributed by atoms with Gasteiger partial charge in [-0.3, -0.25) is 0 Å². The number of benzene rings is 2. The van der Waals surface area contributed by atoms with Gasteiger partial charge >= 0.3 is 0 Å². The standard InChI is InChI=1S/C18H22FNS/c1-5-20-14(4)18-15(19)7-6-8-17(18)21-16-10-9-12(2)11-13(16)3/h6-11,14,20H,5H2,1-4H3. The van der Waals surface area contributed by atoms with Crippen molar-refractivity contribution in [1.29, 1.82) is 0 Å². The van der Waals surface area contributed by atoms with Gasteiger partial charge in [-0.15, -0.1) is 0 Å². The summed E-state index contributed by atoms with van der Waals surface area (Å²) in [5, 5.41) is 3.30. The van der Waals surface area contributed by atoms with E-state index in [0.29, 0.717) is 0 Å². The quantitative estimate of drug-likeness (QED) is 0.808. The molecule has 0 amide bonds. The molecule has 0 aromatic heterocycles. The van der Waals surface area contributed by atoms with Crippen molar-refractivity contribution >= 4 is 11.8 Å². The number of hydrogen-bond donors (Lipinski definition) is 1. The molecule has 0 saturated carbocycles. The van der Waals surface area contributed by atoms with E-state index in [2.05, 4.69) is 37.4 Å². The summed E-state index contributed by atoms with van der Waals surface area (Å²) < 4.78 is 14.2. The highest BCUT2D eigenvalue weighted by molar-refractivity contribution is 7.99. The minimum atomic E-state index is -0.141. The van der Waals surface area contributed by atoms with Crippen molar-refractivity contribution < 1.29 is 4.39 Å². The van der Waals surface area contributed by atoms with Gasteiger partial charge in [0.2, 0.25) is 0 Å². The van der Waals surface area contributed by atoms with Gasteiger partial charge in [-0.1, -0.05) is 42.4 Å². The molecule has 1 nitrogen and oxygen atoms in total. The third-order valence-corrected chi connectivity index (χ3v) is 4.76. The minimum Gasteiger partial charge on any atom is -0.310 e. The van der Waals surface area contributed by atoms with Crippen LogP contribution >= 0.6 is 11.8 Å². The van der Waals surface area contributed by atoms with Crippen LogP contribution in [0.4, 0.5) is 4.39 Å². The molecule has 0 bridgehead atoms. The molecule has 0 radical (unpaired) electrons. The van der Waals surface area contributed by atoms with Crippen molar-refractivity contribution in [3.05, 3.63) is 58.9 Å². The molecule has 2 rings (SSSR count). The van der Waals surface area contributed by atoms with Crippen molar-refractivity contribution in [2.24, 2.45) is 0 Å². The predicted octanol–water partition coefficient (Wildman–Crippen LogP) is 5.26. The van der Waals surface area contributed by atoms with Crippen molar-refractivity contribution in [2.45, 2.75) is 43.5 Å². The van der Waals surface area contributed by atoms with Crippen LogP contribution in [0.25, 0.3) is 0 Å². The summed E-state index contributed by atoms with van der Waals surface area (Å²) in [6.07, 6.45) is 0. The average Bonchev–Trinajstić information content (AvgIpc) is 2.42. The first kappa shape index (κ1) is 16.1. The zero-order valence-electron chi connectivity index (χ0n) is 13.0. The lowest BCUT2D eigenvalue weighted by Crippen LogP contribution is -2.19. The summed E-state index contributed by atoms with van der Waals surface area (Å²) in [6, 6.07) is 11.7. The third kappa shape index (κ3) is 3.86. The van der Waals surface area contributed by atoms with Crippen molar-refractivity contribution in [2.75, 3.05) is 6.54 Å². The van der Waals surface area contributed by atoms with E-state index >= 15 is 0 Å². The fourth-order valence-corrected chi connectivity index (χ4v) is 3.59. The lowest BCUT2D eigenvalue weighted by atomic mass is 10.1. The molecule has 1 atom stereocenters. The summed E-state index contributed by atoms with van der Waals surface area (Å²) in [7, 11) is 0. The first-order valence-electron chi connectivity index (χ1n) is 7.29. The van der Waals surface area contributed by atoms with Crippen molar-refractivity contribution in [3.63, 3.8) is 0 Å². The van der Waals surface area contributed by atoms with Gasteiger partial charge in [-0.25, -0.2) is 4.39 Å². The summed E-state index contributed by atoms with van der Waals surface area (Å²) >= 11 is 1.64. The second-order valence-electron chi connectivity index (χ2n) is 5.30. The van der Waals surface area contributed by atoms with Gasteiger partial charge in [0.25, 0.3) is 0 Å². The molecular weight excluding hydrogens is 281 g/mol. The highest BCUT2D eigenvalue weighted by Crippen LogP contribution is 2.36. The predicted molar refractivity (Wildman–Crippen MR) is 88.5 cm³/mol. The Kier molecular flexibility index (Phi) is 5.43. The van der Waals surface area contributed by atoms with E-state index in [1.54, 1.807) is 17.8 Å². The van der Waals surface area contributed by atoms with E-state index in [0.717, 1.165) is 17.0 Å². The first-order valence-corrected chi connectivity index (χ1v) is 8.11. The number of aryl methyl sites for hydroxylation is 2. The van der Waals surface area contributed by atoms with Crippen LogP contribution in [0.5, 0.6) is 0 Å². The molecule has 0 aliphatic rings. The highest BCUT2D eigenvalue weighted by Gasteiger charge is 2.16. The molecule has 0 saturated heterocycles. The molecule has 0 heterocycles. The zero-order chi connectivity index (χ0) is 15.4. The largest absolute Gasteiger partial charge is 0.310 e. The van der Waals surface area contributed by atoms with Crippen LogP contribution in [0, 0.1) is 19.7 Å². The summed E-state index contributed by atoms with van der Waals surface area (Å²) in [6.45, 7) is 9.05. The maximum Gasteiger partial charge on any atom is 0.129 e. The second kappa shape index (κ2) is 7.10. The van der Waals surface area contributed by atoms with Crippen LogP contribution in [0.15, 0.2) is 46.2 Å². The Morgan fingerprint density at radius 2 is 1.90 bits per heavy atom. The molecule has 0 fully saturated rings. The zero-order valence-corrected chi connectivity index (χ0v) is 13.9. The first-order chi connectivity index (χ1) is 10.0. The summed E-state index contributed by atoms with van der Waals surface area (Å²) in [4.78, 5) is 2.16. The Bertz CT molecular complexity index is 625. The molecule has 0 spiro atoms.